The lowest BCUT2D eigenvalue weighted by atomic mass is 10.1. The molecule has 3 heteroatoms. The number of allylic oxidation sites excluding steroid dienone is 3. The summed E-state index contributed by atoms with van der Waals surface area (Å²) >= 11 is 9.11. The predicted octanol–water partition coefficient (Wildman–Crippen LogP) is 3.80. The molecule has 2 N–H and O–H groups in total. The summed E-state index contributed by atoms with van der Waals surface area (Å²) in [5.41, 5.74) is 8.61. The zero-order valence-corrected chi connectivity index (χ0v) is 9.98. The van der Waals surface area contributed by atoms with E-state index in [1.165, 1.54) is 0 Å². The van der Waals surface area contributed by atoms with Crippen LogP contribution in [-0.4, -0.2) is 5.33 Å². The summed E-state index contributed by atoms with van der Waals surface area (Å²) in [7, 11) is 0. The van der Waals surface area contributed by atoms with E-state index in [9.17, 15) is 0 Å². The molecular formula is C11H11BrClN. The van der Waals surface area contributed by atoms with Crippen LogP contribution in [-0.2, 0) is 0 Å². The molecule has 1 rings (SSSR count). The van der Waals surface area contributed by atoms with E-state index in [4.69, 9.17) is 17.3 Å². The maximum atomic E-state index is 5.84. The predicted molar refractivity (Wildman–Crippen MR) is 67.6 cm³/mol. The quantitative estimate of drug-likeness (QED) is 0.505. The summed E-state index contributed by atoms with van der Waals surface area (Å²) in [4.78, 5) is 0. The number of rotatable bonds is 3. The first-order valence-electron chi connectivity index (χ1n) is 4.11. The van der Waals surface area contributed by atoms with Crippen molar-refractivity contribution < 1.29 is 0 Å². The van der Waals surface area contributed by atoms with Crippen molar-refractivity contribution in [3.05, 3.63) is 47.5 Å². The summed E-state index contributed by atoms with van der Waals surface area (Å²) < 4.78 is 0. The van der Waals surface area contributed by atoms with Gasteiger partial charge < -0.3 is 5.73 Å². The van der Waals surface area contributed by atoms with Crippen LogP contribution >= 0.6 is 27.5 Å². The third kappa shape index (κ3) is 2.89. The number of benzene rings is 1. The van der Waals surface area contributed by atoms with Gasteiger partial charge in [-0.2, -0.15) is 0 Å². The number of nitrogens with two attached hydrogens (primary N) is 1. The summed E-state index contributed by atoms with van der Waals surface area (Å²) in [6.07, 6.45) is 1.81. The Bertz CT molecular complexity index is 371. The summed E-state index contributed by atoms with van der Waals surface area (Å²) in [5, 5.41) is 1.20. The molecule has 0 radical (unpaired) electrons. The standard InChI is InChI=1S/C11H11BrClN/c1-8(13)6-9(7-12)10-4-2-3-5-11(10)14/h2-6H,1,7,14H2/b9-6-. The van der Waals surface area contributed by atoms with E-state index in [1.807, 2.05) is 30.3 Å². The third-order valence-electron chi connectivity index (χ3n) is 1.78. The molecule has 0 aliphatic heterocycles. The van der Waals surface area contributed by atoms with Crippen molar-refractivity contribution in [3.8, 4) is 0 Å². The molecule has 0 heterocycles. The van der Waals surface area contributed by atoms with Crippen LogP contribution in [0.15, 0.2) is 42.0 Å². The molecule has 0 spiro atoms. The van der Waals surface area contributed by atoms with Crippen LogP contribution in [0.3, 0.4) is 0 Å². The van der Waals surface area contributed by atoms with Gasteiger partial charge in [-0.25, -0.2) is 0 Å². The third-order valence-corrected chi connectivity index (χ3v) is 2.49. The van der Waals surface area contributed by atoms with Gasteiger partial charge in [0.2, 0.25) is 0 Å². The molecule has 0 aromatic heterocycles. The van der Waals surface area contributed by atoms with E-state index in [-0.39, 0.29) is 0 Å². The van der Waals surface area contributed by atoms with Crippen molar-refractivity contribution in [1.29, 1.82) is 0 Å². The maximum Gasteiger partial charge on any atom is 0.0390 e. The van der Waals surface area contributed by atoms with E-state index >= 15 is 0 Å². The summed E-state index contributed by atoms with van der Waals surface area (Å²) in [5.74, 6) is 0. The number of nitrogen functional groups attached to an aromatic ring is 1. The number of anilines is 1. The van der Waals surface area contributed by atoms with Crippen LogP contribution in [0.1, 0.15) is 5.56 Å². The first-order chi connectivity index (χ1) is 6.65. The van der Waals surface area contributed by atoms with Gasteiger partial charge in [0.1, 0.15) is 0 Å². The second-order valence-corrected chi connectivity index (χ2v) is 3.88. The average Bonchev–Trinajstić information content (AvgIpc) is 2.15. The van der Waals surface area contributed by atoms with Crippen molar-refractivity contribution in [2.45, 2.75) is 0 Å². The van der Waals surface area contributed by atoms with Gasteiger partial charge in [-0.05, 0) is 17.7 Å². The molecule has 0 saturated heterocycles. The monoisotopic (exact) mass is 271 g/mol. The molecule has 0 fully saturated rings. The minimum atomic E-state index is 0.503. The molecule has 74 valence electrons. The Hall–Kier alpha value is -0.730. The summed E-state index contributed by atoms with van der Waals surface area (Å²) in [6.45, 7) is 3.63. The molecule has 0 saturated carbocycles. The highest BCUT2D eigenvalue weighted by atomic mass is 79.9. The van der Waals surface area contributed by atoms with Gasteiger partial charge in [0.15, 0.2) is 0 Å². The molecule has 0 bridgehead atoms. The Kier molecular flexibility index (Phi) is 4.23. The zero-order valence-electron chi connectivity index (χ0n) is 7.63. The highest BCUT2D eigenvalue weighted by Crippen LogP contribution is 2.24. The molecule has 0 amide bonds. The number of halogens is 2. The van der Waals surface area contributed by atoms with E-state index in [2.05, 4.69) is 22.5 Å². The Balaban J connectivity index is 3.13. The lowest BCUT2D eigenvalue weighted by Gasteiger charge is -2.07. The van der Waals surface area contributed by atoms with E-state index in [0.29, 0.717) is 10.4 Å². The van der Waals surface area contributed by atoms with Crippen LogP contribution in [0, 0.1) is 0 Å². The molecule has 1 aromatic carbocycles. The number of para-hydroxylation sites is 1. The fourth-order valence-corrected chi connectivity index (χ4v) is 1.76. The van der Waals surface area contributed by atoms with E-state index in [0.717, 1.165) is 16.8 Å². The van der Waals surface area contributed by atoms with Crippen molar-refractivity contribution in [3.63, 3.8) is 0 Å². The molecule has 1 aromatic rings. The number of hydrogen-bond donors (Lipinski definition) is 1. The fraction of sp³-hybridized carbons (Fsp3) is 0.0909. The van der Waals surface area contributed by atoms with Crippen LogP contribution in [0.2, 0.25) is 0 Å². The molecule has 0 aliphatic rings. The van der Waals surface area contributed by atoms with Gasteiger partial charge in [-0.1, -0.05) is 52.3 Å². The number of alkyl halides is 1. The lowest BCUT2D eigenvalue weighted by Crippen LogP contribution is -1.94. The Morgan fingerprint density at radius 3 is 2.64 bits per heavy atom. The van der Waals surface area contributed by atoms with Crippen LogP contribution in [0.25, 0.3) is 5.57 Å². The molecule has 0 atom stereocenters. The Morgan fingerprint density at radius 2 is 2.14 bits per heavy atom. The van der Waals surface area contributed by atoms with Crippen LogP contribution < -0.4 is 5.73 Å². The van der Waals surface area contributed by atoms with Crippen molar-refractivity contribution >= 4 is 38.8 Å². The van der Waals surface area contributed by atoms with Crippen LogP contribution in [0.4, 0.5) is 5.69 Å². The Morgan fingerprint density at radius 1 is 1.50 bits per heavy atom. The molecule has 1 nitrogen and oxygen atoms in total. The number of hydrogen-bond acceptors (Lipinski definition) is 1. The first-order valence-corrected chi connectivity index (χ1v) is 5.61. The van der Waals surface area contributed by atoms with Crippen molar-refractivity contribution in [1.82, 2.24) is 0 Å². The van der Waals surface area contributed by atoms with Crippen molar-refractivity contribution in [2.24, 2.45) is 0 Å². The molecule has 0 unspecified atom stereocenters. The normalized spacial score (nSPS) is 11.4. The highest BCUT2D eigenvalue weighted by molar-refractivity contribution is 9.09. The average molecular weight is 273 g/mol. The van der Waals surface area contributed by atoms with Gasteiger partial charge in [-0.3, -0.25) is 0 Å². The van der Waals surface area contributed by atoms with Crippen LogP contribution in [0.5, 0.6) is 0 Å². The van der Waals surface area contributed by atoms with E-state index in [1.54, 1.807) is 0 Å². The smallest absolute Gasteiger partial charge is 0.0390 e. The van der Waals surface area contributed by atoms with Gasteiger partial charge in [0, 0.05) is 21.6 Å². The topological polar surface area (TPSA) is 26.0 Å². The minimum Gasteiger partial charge on any atom is -0.398 e. The van der Waals surface area contributed by atoms with Gasteiger partial charge >= 0.3 is 0 Å². The fourth-order valence-electron chi connectivity index (χ4n) is 1.17. The largest absolute Gasteiger partial charge is 0.398 e. The van der Waals surface area contributed by atoms with Gasteiger partial charge in [0.05, 0.1) is 0 Å². The lowest BCUT2D eigenvalue weighted by molar-refractivity contribution is 1.57. The molecular weight excluding hydrogens is 261 g/mol. The second kappa shape index (κ2) is 5.23. The maximum absolute atomic E-state index is 5.84. The second-order valence-electron chi connectivity index (χ2n) is 2.84. The Labute approximate surface area is 97.4 Å². The minimum absolute atomic E-state index is 0.503. The van der Waals surface area contributed by atoms with E-state index < -0.39 is 0 Å². The van der Waals surface area contributed by atoms with Gasteiger partial charge in [0.25, 0.3) is 0 Å². The molecule has 14 heavy (non-hydrogen) atoms. The zero-order chi connectivity index (χ0) is 10.6. The highest BCUT2D eigenvalue weighted by Gasteiger charge is 2.03. The van der Waals surface area contributed by atoms with Crippen molar-refractivity contribution in [2.75, 3.05) is 11.1 Å². The molecule has 0 aliphatic carbocycles. The summed E-state index contributed by atoms with van der Waals surface area (Å²) in [6, 6.07) is 7.67. The van der Waals surface area contributed by atoms with Gasteiger partial charge in [-0.15, -0.1) is 0 Å². The first kappa shape index (κ1) is 11.3. The SMILES string of the molecule is C=C(Cl)/C=C(/CBr)c1ccccc1N.